The summed E-state index contributed by atoms with van der Waals surface area (Å²) in [5.74, 6) is 1.51. The Morgan fingerprint density at radius 2 is 1.85 bits per heavy atom. The predicted molar refractivity (Wildman–Crippen MR) is 133 cm³/mol. The van der Waals surface area contributed by atoms with E-state index in [1.54, 1.807) is 6.07 Å². The fourth-order valence-electron chi connectivity index (χ4n) is 4.23. The summed E-state index contributed by atoms with van der Waals surface area (Å²) < 4.78 is 14.3. The summed E-state index contributed by atoms with van der Waals surface area (Å²) >= 11 is 0. The Morgan fingerprint density at radius 1 is 1.06 bits per heavy atom. The number of para-hydroxylation sites is 1. The van der Waals surface area contributed by atoms with E-state index >= 15 is 0 Å². The van der Waals surface area contributed by atoms with Gasteiger partial charge in [0.05, 0.1) is 5.56 Å². The quantitative estimate of drug-likeness (QED) is 0.312. The number of rotatable bonds is 6. The highest BCUT2D eigenvalue weighted by atomic mass is 16.5. The number of fused-ring (bicyclic) bond motifs is 2. The number of aryl methyl sites for hydroxylation is 1. The molecule has 33 heavy (non-hydrogen) atoms. The number of allylic oxidation sites excluding steroid dienone is 1. The van der Waals surface area contributed by atoms with Crippen LogP contribution < -0.4 is 9.47 Å². The van der Waals surface area contributed by atoms with Gasteiger partial charge in [-0.25, -0.2) is 0 Å². The fraction of sp³-hybridized carbons (Fsp3) is 0.138. The zero-order valence-electron chi connectivity index (χ0n) is 18.8. The molecule has 0 saturated heterocycles. The molecule has 0 aliphatic carbocycles. The SMILES string of the molecule is C=Cc1ccc(COc2ccc3c(c2C)O/C(=C\c2cn(CC)c4ccccc24)C3=O)cc1. The topological polar surface area (TPSA) is 40.5 Å². The Hall–Kier alpha value is -4.05. The van der Waals surface area contributed by atoms with E-state index in [1.165, 1.54) is 0 Å². The molecule has 0 atom stereocenters. The van der Waals surface area contributed by atoms with Crippen molar-refractivity contribution in [1.82, 2.24) is 4.57 Å². The molecule has 4 nitrogen and oxygen atoms in total. The molecule has 0 radical (unpaired) electrons. The van der Waals surface area contributed by atoms with Gasteiger partial charge in [-0.3, -0.25) is 4.79 Å². The summed E-state index contributed by atoms with van der Waals surface area (Å²) in [6, 6.07) is 19.9. The van der Waals surface area contributed by atoms with Gasteiger partial charge in [0.2, 0.25) is 5.78 Å². The third-order valence-corrected chi connectivity index (χ3v) is 6.09. The summed E-state index contributed by atoms with van der Waals surface area (Å²) in [6.45, 7) is 9.10. The lowest BCUT2D eigenvalue weighted by atomic mass is 10.1. The molecular weight excluding hydrogens is 410 g/mol. The van der Waals surface area contributed by atoms with Crippen molar-refractivity contribution in [3.8, 4) is 11.5 Å². The minimum atomic E-state index is -0.104. The molecule has 0 bridgehead atoms. The minimum absolute atomic E-state index is 0.104. The molecule has 1 aliphatic heterocycles. The highest BCUT2D eigenvalue weighted by molar-refractivity contribution is 6.15. The molecule has 1 aromatic heterocycles. The van der Waals surface area contributed by atoms with E-state index < -0.39 is 0 Å². The second kappa shape index (κ2) is 8.47. The first-order valence-corrected chi connectivity index (χ1v) is 11.1. The lowest BCUT2D eigenvalue weighted by Crippen LogP contribution is -1.98. The average Bonchev–Trinajstić information content (AvgIpc) is 3.37. The number of carbonyl (C=O) groups excluding carboxylic acids is 1. The number of carbonyl (C=O) groups is 1. The first-order chi connectivity index (χ1) is 16.1. The van der Waals surface area contributed by atoms with Crippen LogP contribution in [-0.2, 0) is 13.2 Å². The molecule has 0 unspecified atom stereocenters. The van der Waals surface area contributed by atoms with Crippen molar-refractivity contribution in [3.63, 3.8) is 0 Å². The van der Waals surface area contributed by atoms with E-state index in [0.29, 0.717) is 29.4 Å². The van der Waals surface area contributed by atoms with Gasteiger partial charge in [0.25, 0.3) is 0 Å². The lowest BCUT2D eigenvalue weighted by Gasteiger charge is -2.11. The van der Waals surface area contributed by atoms with Gasteiger partial charge in [-0.15, -0.1) is 0 Å². The summed E-state index contributed by atoms with van der Waals surface area (Å²) in [5.41, 5.74) is 5.64. The van der Waals surface area contributed by atoms with Gasteiger partial charge < -0.3 is 14.0 Å². The Kier molecular flexibility index (Phi) is 5.35. The highest BCUT2D eigenvalue weighted by Crippen LogP contribution is 2.40. The zero-order valence-corrected chi connectivity index (χ0v) is 18.8. The van der Waals surface area contributed by atoms with Crippen LogP contribution in [0.1, 0.15) is 39.5 Å². The Bertz CT molecular complexity index is 1410. The average molecular weight is 436 g/mol. The van der Waals surface area contributed by atoms with Gasteiger partial charge in [0.15, 0.2) is 5.76 Å². The molecule has 0 spiro atoms. The number of aromatic nitrogens is 1. The van der Waals surface area contributed by atoms with Crippen molar-refractivity contribution in [2.45, 2.75) is 27.0 Å². The number of ketones is 1. The molecule has 5 rings (SSSR count). The molecule has 1 aliphatic rings. The van der Waals surface area contributed by atoms with E-state index in [9.17, 15) is 4.79 Å². The number of hydrogen-bond donors (Lipinski definition) is 0. The maximum atomic E-state index is 13.1. The maximum absolute atomic E-state index is 13.1. The van der Waals surface area contributed by atoms with Crippen molar-refractivity contribution < 1.29 is 14.3 Å². The number of Topliss-reactive ketones (excluding diaryl/α,β-unsaturated/α-hetero) is 1. The standard InChI is InChI=1S/C29H25NO3/c1-4-20-10-12-21(13-11-20)18-32-26-15-14-24-28(31)27(33-29(24)19(26)3)16-22-17-30(5-2)25-9-7-6-8-23(22)25/h4,6-17H,1,5,18H2,2-3H3/b27-16-. The molecule has 0 fully saturated rings. The van der Waals surface area contributed by atoms with Crippen LogP contribution in [0.5, 0.6) is 11.5 Å². The lowest BCUT2D eigenvalue weighted by molar-refractivity contribution is 0.101. The number of hydrogen-bond acceptors (Lipinski definition) is 3. The van der Waals surface area contributed by atoms with Gasteiger partial charge in [0.1, 0.15) is 18.1 Å². The highest BCUT2D eigenvalue weighted by Gasteiger charge is 2.30. The molecule has 4 aromatic rings. The molecule has 164 valence electrons. The summed E-state index contributed by atoms with van der Waals surface area (Å²) in [5, 5.41) is 1.10. The van der Waals surface area contributed by atoms with Crippen LogP contribution in [0.3, 0.4) is 0 Å². The maximum Gasteiger partial charge on any atom is 0.231 e. The Morgan fingerprint density at radius 3 is 2.61 bits per heavy atom. The van der Waals surface area contributed by atoms with Crippen molar-refractivity contribution in [1.29, 1.82) is 0 Å². The number of benzene rings is 3. The van der Waals surface area contributed by atoms with E-state index in [2.05, 4.69) is 36.4 Å². The molecule has 2 heterocycles. The van der Waals surface area contributed by atoms with E-state index in [1.807, 2.05) is 61.5 Å². The summed E-state index contributed by atoms with van der Waals surface area (Å²) in [7, 11) is 0. The first kappa shape index (κ1) is 20.8. The Labute approximate surface area is 193 Å². The van der Waals surface area contributed by atoms with Gasteiger partial charge in [-0.1, -0.05) is 55.1 Å². The third kappa shape index (κ3) is 3.74. The van der Waals surface area contributed by atoms with Gasteiger partial charge in [-0.05, 0) is 49.2 Å². The van der Waals surface area contributed by atoms with Gasteiger partial charge in [0, 0.05) is 34.8 Å². The van der Waals surface area contributed by atoms with Crippen LogP contribution in [0, 0.1) is 6.92 Å². The van der Waals surface area contributed by atoms with Crippen LogP contribution in [0.2, 0.25) is 0 Å². The first-order valence-electron chi connectivity index (χ1n) is 11.1. The van der Waals surface area contributed by atoms with Crippen molar-refractivity contribution >= 4 is 28.8 Å². The molecule has 0 N–H and O–H groups in total. The van der Waals surface area contributed by atoms with Crippen LogP contribution >= 0.6 is 0 Å². The van der Waals surface area contributed by atoms with Crippen molar-refractivity contribution in [2.75, 3.05) is 0 Å². The van der Waals surface area contributed by atoms with Crippen LogP contribution in [0.25, 0.3) is 23.1 Å². The predicted octanol–water partition coefficient (Wildman–Crippen LogP) is 6.81. The second-order valence-corrected chi connectivity index (χ2v) is 8.13. The van der Waals surface area contributed by atoms with Crippen LogP contribution in [0.15, 0.2) is 79.2 Å². The van der Waals surface area contributed by atoms with E-state index in [4.69, 9.17) is 9.47 Å². The number of nitrogens with zero attached hydrogens (tertiary/aromatic N) is 1. The molecular formula is C29H25NO3. The second-order valence-electron chi connectivity index (χ2n) is 8.13. The van der Waals surface area contributed by atoms with Gasteiger partial charge in [-0.2, -0.15) is 0 Å². The van der Waals surface area contributed by atoms with Crippen LogP contribution in [0.4, 0.5) is 0 Å². The number of ether oxygens (including phenoxy) is 2. The minimum Gasteiger partial charge on any atom is -0.488 e. The zero-order chi connectivity index (χ0) is 22.9. The Balaban J connectivity index is 1.41. The third-order valence-electron chi connectivity index (χ3n) is 6.09. The monoisotopic (exact) mass is 435 g/mol. The molecule has 4 heteroatoms. The molecule has 0 saturated carbocycles. The molecule has 0 amide bonds. The largest absolute Gasteiger partial charge is 0.488 e. The van der Waals surface area contributed by atoms with Crippen molar-refractivity contribution in [2.24, 2.45) is 0 Å². The van der Waals surface area contributed by atoms with Crippen LogP contribution in [-0.4, -0.2) is 10.4 Å². The summed E-state index contributed by atoms with van der Waals surface area (Å²) in [4.78, 5) is 13.1. The van der Waals surface area contributed by atoms with Crippen molar-refractivity contribution in [3.05, 3.63) is 107 Å². The smallest absolute Gasteiger partial charge is 0.231 e. The normalized spacial score (nSPS) is 13.9. The summed E-state index contributed by atoms with van der Waals surface area (Å²) in [6.07, 6.45) is 5.73. The van der Waals surface area contributed by atoms with E-state index in [0.717, 1.165) is 39.7 Å². The van der Waals surface area contributed by atoms with E-state index in [-0.39, 0.29) is 5.78 Å². The molecule has 3 aromatic carbocycles. The fourth-order valence-corrected chi connectivity index (χ4v) is 4.23. The van der Waals surface area contributed by atoms with Gasteiger partial charge >= 0.3 is 0 Å².